The first-order valence-corrected chi connectivity index (χ1v) is 7.69. The van der Waals surface area contributed by atoms with Crippen LogP contribution in [0.25, 0.3) is 16.8 Å². The monoisotopic (exact) mass is 308 g/mol. The molecule has 1 amide bonds. The van der Waals surface area contributed by atoms with E-state index in [9.17, 15) is 4.79 Å². The number of rotatable bonds is 3. The smallest absolute Gasteiger partial charge is 0.221 e. The molecule has 3 rings (SSSR count). The van der Waals surface area contributed by atoms with Crippen LogP contribution in [0.1, 0.15) is 38.1 Å². The van der Waals surface area contributed by atoms with Gasteiger partial charge < -0.3 is 5.32 Å². The Hall–Kier alpha value is -2.69. The second-order valence-corrected chi connectivity index (χ2v) is 6.10. The van der Waals surface area contributed by atoms with Gasteiger partial charge in [-0.3, -0.25) is 9.20 Å². The number of fused-ring (bicyclic) bond motifs is 1. The summed E-state index contributed by atoms with van der Waals surface area (Å²) in [7, 11) is 0. The molecule has 2 heterocycles. The topological polar surface area (TPSA) is 59.3 Å². The molecule has 23 heavy (non-hydrogen) atoms. The number of benzene rings is 1. The maximum Gasteiger partial charge on any atom is 0.221 e. The Morgan fingerprint density at radius 3 is 2.43 bits per heavy atom. The van der Waals surface area contributed by atoms with Gasteiger partial charge in [0.2, 0.25) is 5.91 Å². The van der Waals surface area contributed by atoms with Crippen LogP contribution in [0.3, 0.4) is 0 Å². The van der Waals surface area contributed by atoms with Crippen molar-refractivity contribution in [2.45, 2.75) is 33.6 Å². The largest absolute Gasteiger partial charge is 0.323 e. The van der Waals surface area contributed by atoms with Gasteiger partial charge in [0.15, 0.2) is 5.65 Å². The lowest BCUT2D eigenvalue weighted by Gasteiger charge is -2.11. The van der Waals surface area contributed by atoms with Crippen LogP contribution in [0.4, 0.5) is 5.69 Å². The average molecular weight is 308 g/mol. The van der Waals surface area contributed by atoms with Crippen molar-refractivity contribution in [3.63, 3.8) is 0 Å². The summed E-state index contributed by atoms with van der Waals surface area (Å²) in [6, 6.07) is 10.3. The third-order valence-corrected chi connectivity index (χ3v) is 3.74. The number of nitrogens with one attached hydrogen (secondary N) is 1. The van der Waals surface area contributed by atoms with E-state index in [1.807, 2.05) is 16.7 Å². The van der Waals surface area contributed by atoms with Gasteiger partial charge in [-0.2, -0.15) is 0 Å². The fraction of sp³-hybridized carbons (Fsp3) is 0.278. The standard InChI is InChI=1S/C18H20N4O/c1-11(2)17-20-21-18-16(19-13(4)23)9-15(10-22(17)18)14-7-5-12(3)6-8-14/h5-11H,1-4H3,(H,19,23). The van der Waals surface area contributed by atoms with E-state index < -0.39 is 0 Å². The van der Waals surface area contributed by atoms with E-state index in [-0.39, 0.29) is 11.8 Å². The number of aryl methyl sites for hydroxylation is 1. The van der Waals surface area contributed by atoms with Gasteiger partial charge in [0, 0.05) is 24.6 Å². The third-order valence-electron chi connectivity index (χ3n) is 3.74. The highest BCUT2D eigenvalue weighted by Crippen LogP contribution is 2.28. The SMILES string of the molecule is CC(=O)Nc1cc(-c2ccc(C)cc2)cn2c(C(C)C)nnc12. The predicted molar refractivity (Wildman–Crippen MR) is 91.6 cm³/mol. The zero-order valence-electron chi connectivity index (χ0n) is 13.8. The fourth-order valence-corrected chi connectivity index (χ4v) is 2.59. The van der Waals surface area contributed by atoms with Gasteiger partial charge in [0.25, 0.3) is 0 Å². The highest BCUT2D eigenvalue weighted by atomic mass is 16.1. The minimum absolute atomic E-state index is 0.123. The van der Waals surface area contributed by atoms with Crippen molar-refractivity contribution >= 4 is 17.2 Å². The number of carbonyl (C=O) groups is 1. The molecule has 1 N–H and O–H groups in total. The van der Waals surface area contributed by atoms with Crippen LogP contribution in [0, 0.1) is 6.92 Å². The van der Waals surface area contributed by atoms with Crippen molar-refractivity contribution in [1.29, 1.82) is 0 Å². The molecular weight excluding hydrogens is 288 g/mol. The number of aromatic nitrogens is 3. The molecule has 0 saturated carbocycles. The minimum Gasteiger partial charge on any atom is -0.323 e. The quantitative estimate of drug-likeness (QED) is 0.801. The van der Waals surface area contributed by atoms with Crippen molar-refractivity contribution in [3.8, 4) is 11.1 Å². The second-order valence-electron chi connectivity index (χ2n) is 6.10. The molecule has 0 aliphatic heterocycles. The van der Waals surface area contributed by atoms with Crippen molar-refractivity contribution in [2.75, 3.05) is 5.32 Å². The summed E-state index contributed by atoms with van der Waals surface area (Å²) in [5, 5.41) is 11.4. The molecular formula is C18H20N4O. The zero-order chi connectivity index (χ0) is 16.6. The van der Waals surface area contributed by atoms with Crippen LogP contribution in [0.15, 0.2) is 36.5 Å². The number of hydrogen-bond acceptors (Lipinski definition) is 3. The van der Waals surface area contributed by atoms with Gasteiger partial charge in [-0.15, -0.1) is 10.2 Å². The van der Waals surface area contributed by atoms with E-state index in [2.05, 4.69) is 60.6 Å². The van der Waals surface area contributed by atoms with Crippen molar-refractivity contribution in [2.24, 2.45) is 0 Å². The Morgan fingerprint density at radius 1 is 1.13 bits per heavy atom. The lowest BCUT2D eigenvalue weighted by atomic mass is 10.1. The van der Waals surface area contributed by atoms with Gasteiger partial charge >= 0.3 is 0 Å². The number of pyridine rings is 1. The summed E-state index contributed by atoms with van der Waals surface area (Å²) in [6.07, 6.45) is 2.03. The Labute approximate surface area is 135 Å². The molecule has 2 aromatic heterocycles. The van der Waals surface area contributed by atoms with E-state index in [1.165, 1.54) is 12.5 Å². The summed E-state index contributed by atoms with van der Waals surface area (Å²) in [5.41, 5.74) is 4.66. The molecule has 3 aromatic rings. The molecule has 1 aromatic carbocycles. The zero-order valence-corrected chi connectivity index (χ0v) is 13.8. The lowest BCUT2D eigenvalue weighted by Crippen LogP contribution is -2.08. The second kappa shape index (κ2) is 5.83. The Morgan fingerprint density at radius 2 is 1.83 bits per heavy atom. The van der Waals surface area contributed by atoms with E-state index in [0.29, 0.717) is 11.3 Å². The summed E-state index contributed by atoms with van der Waals surface area (Å²) in [4.78, 5) is 11.5. The molecule has 0 aliphatic rings. The van der Waals surface area contributed by atoms with Crippen LogP contribution in [0.2, 0.25) is 0 Å². The number of hydrogen-bond donors (Lipinski definition) is 1. The molecule has 0 saturated heterocycles. The van der Waals surface area contributed by atoms with E-state index in [0.717, 1.165) is 17.0 Å². The number of amides is 1. The molecule has 0 unspecified atom stereocenters. The van der Waals surface area contributed by atoms with Crippen LogP contribution in [-0.4, -0.2) is 20.5 Å². The molecule has 0 atom stereocenters. The predicted octanol–water partition coefficient (Wildman–Crippen LogP) is 3.79. The van der Waals surface area contributed by atoms with E-state index in [4.69, 9.17) is 0 Å². The van der Waals surface area contributed by atoms with Gasteiger partial charge in [-0.1, -0.05) is 43.7 Å². The molecule has 0 spiro atoms. The summed E-state index contributed by atoms with van der Waals surface area (Å²) in [5.74, 6) is 0.992. The number of anilines is 1. The molecule has 0 radical (unpaired) electrons. The van der Waals surface area contributed by atoms with Crippen molar-refractivity contribution < 1.29 is 4.79 Å². The van der Waals surface area contributed by atoms with Gasteiger partial charge in [-0.05, 0) is 18.6 Å². The summed E-state index contributed by atoms with van der Waals surface area (Å²) >= 11 is 0. The normalized spacial score (nSPS) is 11.2. The molecule has 0 aliphatic carbocycles. The maximum atomic E-state index is 11.5. The number of carbonyl (C=O) groups excluding carboxylic acids is 1. The van der Waals surface area contributed by atoms with Crippen LogP contribution in [0.5, 0.6) is 0 Å². The first-order chi connectivity index (χ1) is 11.0. The number of nitrogens with zero attached hydrogens (tertiary/aromatic N) is 3. The van der Waals surface area contributed by atoms with Crippen molar-refractivity contribution in [3.05, 3.63) is 47.9 Å². The highest BCUT2D eigenvalue weighted by Gasteiger charge is 2.15. The van der Waals surface area contributed by atoms with Gasteiger partial charge in [0.1, 0.15) is 5.82 Å². The molecule has 0 bridgehead atoms. The third kappa shape index (κ3) is 2.95. The summed E-state index contributed by atoms with van der Waals surface area (Å²) < 4.78 is 1.96. The van der Waals surface area contributed by atoms with Gasteiger partial charge in [-0.25, -0.2) is 0 Å². The molecule has 5 heteroatoms. The van der Waals surface area contributed by atoms with E-state index >= 15 is 0 Å². The van der Waals surface area contributed by atoms with Crippen LogP contribution < -0.4 is 5.32 Å². The molecule has 118 valence electrons. The Balaban J connectivity index is 2.23. The van der Waals surface area contributed by atoms with Gasteiger partial charge in [0.05, 0.1) is 5.69 Å². The fourth-order valence-electron chi connectivity index (χ4n) is 2.59. The van der Waals surface area contributed by atoms with Crippen LogP contribution in [-0.2, 0) is 4.79 Å². The highest BCUT2D eigenvalue weighted by molar-refractivity contribution is 5.93. The minimum atomic E-state index is -0.123. The summed E-state index contributed by atoms with van der Waals surface area (Å²) in [6.45, 7) is 7.71. The Bertz CT molecular complexity index is 863. The maximum absolute atomic E-state index is 11.5. The first kappa shape index (κ1) is 15.2. The van der Waals surface area contributed by atoms with E-state index in [1.54, 1.807) is 0 Å². The van der Waals surface area contributed by atoms with Crippen molar-refractivity contribution in [1.82, 2.24) is 14.6 Å². The molecule has 0 fully saturated rings. The molecule has 5 nitrogen and oxygen atoms in total. The Kier molecular flexibility index (Phi) is 3.86. The lowest BCUT2D eigenvalue weighted by molar-refractivity contribution is -0.114. The average Bonchev–Trinajstić information content (AvgIpc) is 2.91. The van der Waals surface area contributed by atoms with Crippen LogP contribution >= 0.6 is 0 Å². The first-order valence-electron chi connectivity index (χ1n) is 7.69.